The van der Waals surface area contributed by atoms with E-state index in [1.807, 2.05) is 36.0 Å². The van der Waals surface area contributed by atoms with Crippen molar-refractivity contribution in [1.29, 1.82) is 0 Å². The average molecular weight is 495 g/mol. The largest absolute Gasteiger partial charge is 0.497 e. The van der Waals surface area contributed by atoms with Crippen molar-refractivity contribution in [3.8, 4) is 5.75 Å². The normalized spacial score (nSPS) is 19.5. The van der Waals surface area contributed by atoms with Crippen LogP contribution in [0.5, 0.6) is 5.75 Å². The molecule has 2 heterocycles. The van der Waals surface area contributed by atoms with Crippen LogP contribution < -0.4 is 4.74 Å². The molecule has 1 aromatic heterocycles. The molecule has 1 fully saturated rings. The number of aliphatic carboxylic acids is 1. The zero-order valence-electron chi connectivity index (χ0n) is 20.4. The first kappa shape index (κ1) is 25.5. The highest BCUT2D eigenvalue weighted by Crippen LogP contribution is 2.34. The molecule has 186 valence electrons. The summed E-state index contributed by atoms with van der Waals surface area (Å²) in [6.07, 6.45) is 3.07. The summed E-state index contributed by atoms with van der Waals surface area (Å²) in [5.74, 6) is 0.579. The number of aromatic nitrogens is 1. The van der Waals surface area contributed by atoms with Crippen molar-refractivity contribution in [2.24, 2.45) is 11.8 Å². The summed E-state index contributed by atoms with van der Waals surface area (Å²) in [5, 5.41) is 21.8. The number of ether oxygens (including phenoxy) is 1. The number of thioether (sulfide) groups is 1. The number of nitrogens with zero attached hydrogens (tertiary/aromatic N) is 2. The predicted octanol–water partition coefficient (Wildman–Crippen LogP) is 5.18. The third kappa shape index (κ3) is 6.54. The Morgan fingerprint density at radius 1 is 1.23 bits per heavy atom. The van der Waals surface area contributed by atoms with E-state index in [0.717, 1.165) is 47.5 Å². The molecule has 0 radical (unpaired) electrons. The quantitative estimate of drug-likeness (QED) is 0.376. The molecule has 6 nitrogen and oxygen atoms in total. The maximum Gasteiger partial charge on any atom is 0.308 e. The van der Waals surface area contributed by atoms with Gasteiger partial charge in [-0.25, -0.2) is 0 Å². The highest BCUT2D eigenvalue weighted by Gasteiger charge is 2.34. The maximum absolute atomic E-state index is 12.1. The number of carbonyl (C=O) groups is 1. The van der Waals surface area contributed by atoms with Gasteiger partial charge >= 0.3 is 5.97 Å². The molecule has 1 aliphatic rings. The summed E-state index contributed by atoms with van der Waals surface area (Å²) < 4.78 is 5.34. The van der Waals surface area contributed by atoms with Crippen LogP contribution in [0.4, 0.5) is 0 Å². The van der Waals surface area contributed by atoms with Crippen molar-refractivity contribution in [2.75, 3.05) is 32.5 Å². The van der Waals surface area contributed by atoms with Crippen molar-refractivity contribution in [2.45, 2.75) is 37.2 Å². The number of fused-ring (bicyclic) bond motifs is 1. The standard InChI is InChI=1S/C28H34N2O4S/c1-19-3-7-22(8-4-19)35-16-15-30-14-12-20(25(18-30)28(32)33)5-10-27(31)23-11-13-29-26-9-6-21(34-2)17-24(23)26/h3-4,6-9,11,13,17,20,25,27,31H,5,10,12,14-16,18H2,1-2H3,(H,32,33)/t20-,25+,27?/m1/s1. The Morgan fingerprint density at radius 2 is 2.03 bits per heavy atom. The molecule has 7 heteroatoms. The zero-order chi connectivity index (χ0) is 24.8. The lowest BCUT2D eigenvalue weighted by atomic mass is 9.81. The van der Waals surface area contributed by atoms with E-state index in [1.165, 1.54) is 10.5 Å². The van der Waals surface area contributed by atoms with E-state index in [9.17, 15) is 15.0 Å². The number of benzene rings is 2. The molecule has 1 saturated heterocycles. The second-order valence-corrected chi connectivity index (χ2v) is 10.5. The average Bonchev–Trinajstić information content (AvgIpc) is 2.88. The molecule has 1 aliphatic heterocycles. The number of aliphatic hydroxyl groups excluding tert-OH is 1. The summed E-state index contributed by atoms with van der Waals surface area (Å²) in [6, 6.07) is 16.0. The van der Waals surface area contributed by atoms with E-state index in [4.69, 9.17) is 4.74 Å². The number of pyridine rings is 1. The van der Waals surface area contributed by atoms with E-state index in [0.29, 0.717) is 19.4 Å². The Hall–Kier alpha value is -2.61. The molecule has 0 amide bonds. The van der Waals surface area contributed by atoms with Crippen molar-refractivity contribution >= 4 is 28.6 Å². The lowest BCUT2D eigenvalue weighted by Gasteiger charge is -2.37. The van der Waals surface area contributed by atoms with Crippen molar-refractivity contribution in [3.05, 3.63) is 65.9 Å². The van der Waals surface area contributed by atoms with Gasteiger partial charge in [0.25, 0.3) is 0 Å². The lowest BCUT2D eigenvalue weighted by molar-refractivity contribution is -0.146. The van der Waals surface area contributed by atoms with Crippen LogP contribution >= 0.6 is 11.8 Å². The molecular weight excluding hydrogens is 460 g/mol. The minimum absolute atomic E-state index is 0.0609. The van der Waals surface area contributed by atoms with E-state index in [-0.39, 0.29) is 5.92 Å². The van der Waals surface area contributed by atoms with Gasteiger partial charge in [-0.2, -0.15) is 0 Å². The van der Waals surface area contributed by atoms with Gasteiger partial charge in [0.2, 0.25) is 0 Å². The number of likely N-dealkylation sites (tertiary alicyclic amines) is 1. The minimum atomic E-state index is -0.737. The van der Waals surface area contributed by atoms with E-state index in [1.54, 1.807) is 13.3 Å². The molecule has 2 aromatic carbocycles. The van der Waals surface area contributed by atoms with Crippen LogP contribution in [-0.4, -0.2) is 58.6 Å². The SMILES string of the molecule is COc1ccc2nccc(C(O)CC[C@@H]3CCN(CCSc4ccc(C)cc4)C[C@@H]3C(=O)O)c2c1. The number of aryl methyl sites for hydroxylation is 1. The summed E-state index contributed by atoms with van der Waals surface area (Å²) in [7, 11) is 1.62. The van der Waals surface area contributed by atoms with Crippen molar-refractivity contribution in [1.82, 2.24) is 9.88 Å². The Balaban J connectivity index is 1.32. The summed E-state index contributed by atoms with van der Waals surface area (Å²) in [5.41, 5.74) is 2.87. The smallest absolute Gasteiger partial charge is 0.308 e. The van der Waals surface area contributed by atoms with Crippen molar-refractivity contribution < 1.29 is 19.7 Å². The second kappa shape index (κ2) is 11.9. The van der Waals surface area contributed by atoms with Crippen LogP contribution in [0.3, 0.4) is 0 Å². The molecule has 2 N–H and O–H groups in total. The van der Waals surface area contributed by atoms with E-state index in [2.05, 4.69) is 41.1 Å². The molecule has 4 rings (SSSR count). The van der Waals surface area contributed by atoms with Crippen LogP contribution in [0.15, 0.2) is 59.6 Å². The van der Waals surface area contributed by atoms with Gasteiger partial charge in [0.05, 0.1) is 24.6 Å². The lowest BCUT2D eigenvalue weighted by Crippen LogP contribution is -2.44. The Bertz CT molecular complexity index is 1140. The molecular formula is C28H34N2O4S. The van der Waals surface area contributed by atoms with Crippen LogP contribution in [0.1, 0.15) is 36.5 Å². The third-order valence-electron chi connectivity index (χ3n) is 7.01. The van der Waals surface area contributed by atoms with Gasteiger partial charge in [0.15, 0.2) is 0 Å². The van der Waals surface area contributed by atoms with Gasteiger partial charge in [-0.3, -0.25) is 9.78 Å². The van der Waals surface area contributed by atoms with Crippen LogP contribution in [0.25, 0.3) is 10.9 Å². The van der Waals surface area contributed by atoms with Gasteiger partial charge < -0.3 is 19.8 Å². The number of hydrogen-bond donors (Lipinski definition) is 2. The van der Waals surface area contributed by atoms with Gasteiger partial charge in [0, 0.05) is 35.3 Å². The summed E-state index contributed by atoms with van der Waals surface area (Å²) in [4.78, 5) is 20.0. The zero-order valence-corrected chi connectivity index (χ0v) is 21.2. The molecule has 0 spiro atoms. The van der Waals surface area contributed by atoms with E-state index >= 15 is 0 Å². The Morgan fingerprint density at radius 3 is 2.77 bits per heavy atom. The molecule has 1 unspecified atom stereocenters. The minimum Gasteiger partial charge on any atom is -0.497 e. The molecule has 35 heavy (non-hydrogen) atoms. The summed E-state index contributed by atoms with van der Waals surface area (Å²) >= 11 is 1.81. The fourth-order valence-corrected chi connectivity index (χ4v) is 5.83. The van der Waals surface area contributed by atoms with Crippen LogP contribution in [0.2, 0.25) is 0 Å². The Labute approximate surface area is 211 Å². The number of aliphatic hydroxyl groups is 1. The molecule has 0 aliphatic carbocycles. The molecule has 3 aromatic rings. The number of piperidine rings is 1. The van der Waals surface area contributed by atoms with Gasteiger partial charge in [-0.05, 0) is 80.6 Å². The number of carboxylic acids is 1. The van der Waals surface area contributed by atoms with Crippen LogP contribution in [-0.2, 0) is 4.79 Å². The number of rotatable bonds is 10. The molecule has 0 saturated carbocycles. The number of carboxylic acid groups (broad SMARTS) is 1. The fraction of sp³-hybridized carbons (Fsp3) is 0.429. The Kier molecular flexibility index (Phi) is 8.65. The van der Waals surface area contributed by atoms with Gasteiger partial charge in [-0.15, -0.1) is 11.8 Å². The number of methoxy groups -OCH3 is 1. The molecule has 3 atom stereocenters. The summed E-state index contributed by atoms with van der Waals surface area (Å²) in [6.45, 7) is 4.43. The first-order valence-corrected chi connectivity index (χ1v) is 13.2. The van der Waals surface area contributed by atoms with Gasteiger partial charge in [0.1, 0.15) is 5.75 Å². The fourth-order valence-electron chi connectivity index (χ4n) is 4.92. The highest BCUT2D eigenvalue weighted by atomic mass is 32.2. The topological polar surface area (TPSA) is 82.9 Å². The number of hydrogen-bond acceptors (Lipinski definition) is 6. The maximum atomic E-state index is 12.1. The second-order valence-electron chi connectivity index (χ2n) is 9.33. The van der Waals surface area contributed by atoms with E-state index < -0.39 is 18.0 Å². The van der Waals surface area contributed by atoms with Gasteiger partial charge in [-0.1, -0.05) is 17.7 Å². The first-order valence-electron chi connectivity index (χ1n) is 12.2. The molecule has 0 bridgehead atoms. The van der Waals surface area contributed by atoms with Crippen LogP contribution in [0, 0.1) is 18.8 Å². The predicted molar refractivity (Wildman–Crippen MR) is 140 cm³/mol. The first-order chi connectivity index (χ1) is 16.9. The van der Waals surface area contributed by atoms with Crippen molar-refractivity contribution in [3.63, 3.8) is 0 Å². The monoisotopic (exact) mass is 494 g/mol. The third-order valence-corrected chi connectivity index (χ3v) is 8.00. The highest BCUT2D eigenvalue weighted by molar-refractivity contribution is 7.99.